The van der Waals surface area contributed by atoms with E-state index >= 15 is 0 Å². The van der Waals surface area contributed by atoms with Gasteiger partial charge in [-0.1, -0.05) is 19.8 Å². The zero-order chi connectivity index (χ0) is 14.8. The summed E-state index contributed by atoms with van der Waals surface area (Å²) >= 11 is 0. The quantitative estimate of drug-likeness (QED) is 0.244. The van der Waals surface area contributed by atoms with Crippen LogP contribution in [0.2, 0.25) is 0 Å². The van der Waals surface area contributed by atoms with Gasteiger partial charge < -0.3 is 17.0 Å². The van der Waals surface area contributed by atoms with Gasteiger partial charge in [0.15, 0.2) is 0 Å². The number of nitrogens with zero attached hydrogens (tertiary/aromatic N) is 1. The maximum absolute atomic E-state index is 11.5. The molecule has 2 atom stereocenters. The van der Waals surface area contributed by atoms with Gasteiger partial charge in [-0.15, -0.1) is 0 Å². The van der Waals surface area contributed by atoms with Gasteiger partial charge in [-0.2, -0.15) is 0 Å². The van der Waals surface area contributed by atoms with Gasteiger partial charge in [-0.05, 0) is 20.3 Å². The van der Waals surface area contributed by atoms with Crippen molar-refractivity contribution < 1.29 is 50.8 Å². The van der Waals surface area contributed by atoms with E-state index < -0.39 is 18.2 Å². The van der Waals surface area contributed by atoms with Crippen molar-refractivity contribution >= 4 is 11.9 Å². The maximum atomic E-state index is 11.5. The average molecular weight is 298 g/mol. The molecule has 0 bridgehead atoms. The van der Waals surface area contributed by atoms with Crippen LogP contribution in [0, 0.1) is 0 Å². The molecule has 1 amide bonds. The van der Waals surface area contributed by atoms with E-state index in [4.69, 9.17) is 5.11 Å². The Morgan fingerprint density at radius 3 is 2.35 bits per heavy atom. The molecule has 0 aliphatic heterocycles. The first-order valence-electron chi connectivity index (χ1n) is 6.83. The zero-order valence-electron chi connectivity index (χ0n) is 14.1. The van der Waals surface area contributed by atoms with Gasteiger partial charge in [0.25, 0.3) is 0 Å². The van der Waals surface area contributed by atoms with Crippen LogP contribution in [-0.2, 0) is 9.59 Å². The summed E-state index contributed by atoms with van der Waals surface area (Å²) in [5.74, 6) is -1.02. The van der Waals surface area contributed by atoms with Crippen LogP contribution < -0.4 is 34.9 Å². The second-order valence-corrected chi connectivity index (χ2v) is 4.69. The molecule has 7 heteroatoms. The fraction of sp³-hybridized carbons (Fsp3) is 0.846. The van der Waals surface area contributed by atoms with E-state index in [1.807, 2.05) is 0 Å². The number of carbonyl (C=O) groups is 2. The second-order valence-electron chi connectivity index (χ2n) is 4.69. The van der Waals surface area contributed by atoms with Crippen LogP contribution >= 0.6 is 0 Å². The first kappa shape index (κ1) is 22.1. The number of aliphatic hydroxyl groups is 1. The summed E-state index contributed by atoms with van der Waals surface area (Å²) in [5.41, 5.74) is 0. The van der Waals surface area contributed by atoms with Crippen LogP contribution in [-0.4, -0.2) is 52.3 Å². The number of rotatable bonds is 10. The Morgan fingerprint density at radius 2 is 1.90 bits per heavy atom. The van der Waals surface area contributed by atoms with Gasteiger partial charge in [0.05, 0.1) is 0 Å². The van der Waals surface area contributed by atoms with Crippen LogP contribution in [0.15, 0.2) is 0 Å². The Bertz CT molecular complexity index is 293. The summed E-state index contributed by atoms with van der Waals surface area (Å²) in [6, 6.07) is -0.781. The van der Waals surface area contributed by atoms with E-state index in [1.54, 1.807) is 0 Å². The Morgan fingerprint density at radius 1 is 1.30 bits per heavy atom. The summed E-state index contributed by atoms with van der Waals surface area (Å²) in [6.45, 7) is 5.75. The molecule has 0 heterocycles. The molecule has 0 saturated carbocycles. The molecule has 114 valence electrons. The molecule has 3 N–H and O–H groups in total. The summed E-state index contributed by atoms with van der Waals surface area (Å²) in [4.78, 5) is 23.8. The molecule has 0 rings (SSSR count). The smallest absolute Gasteiger partial charge is 1.00 e. The molecule has 0 radical (unpaired) electrons. The molecule has 0 aliphatic rings. The monoisotopic (exact) mass is 298 g/mol. The summed E-state index contributed by atoms with van der Waals surface area (Å²) in [7, 11) is 0. The molecule has 6 nitrogen and oxygen atoms in total. The predicted molar refractivity (Wildman–Crippen MR) is 73.7 cm³/mol. The van der Waals surface area contributed by atoms with Crippen molar-refractivity contribution in [3.8, 4) is 0 Å². The summed E-state index contributed by atoms with van der Waals surface area (Å²) in [6.07, 6.45) is 2.61. The van der Waals surface area contributed by atoms with Crippen LogP contribution in [0.1, 0.15) is 47.9 Å². The van der Waals surface area contributed by atoms with Gasteiger partial charge in [0.1, 0.15) is 12.3 Å². The number of carboxylic acid groups (broad SMARTS) is 1. The summed E-state index contributed by atoms with van der Waals surface area (Å²) < 4.78 is 0. The normalized spacial score (nSPS) is 13.4. The van der Waals surface area contributed by atoms with Gasteiger partial charge in [0.2, 0.25) is 5.91 Å². The van der Waals surface area contributed by atoms with E-state index in [0.29, 0.717) is 19.5 Å². The fourth-order valence-electron chi connectivity index (χ4n) is 1.79. The molecule has 0 aliphatic carbocycles. The van der Waals surface area contributed by atoms with Crippen LogP contribution in [0.3, 0.4) is 0 Å². The predicted octanol–water partition coefficient (Wildman–Crippen LogP) is -2.09. The van der Waals surface area contributed by atoms with Crippen molar-refractivity contribution in [2.75, 3.05) is 13.1 Å². The van der Waals surface area contributed by atoms with E-state index in [9.17, 15) is 14.7 Å². The first-order valence-corrected chi connectivity index (χ1v) is 6.83. The van der Waals surface area contributed by atoms with E-state index in [2.05, 4.69) is 12.2 Å². The van der Waals surface area contributed by atoms with Crippen molar-refractivity contribution in [2.45, 2.75) is 58.7 Å². The molecule has 0 aromatic heterocycles. The molecule has 0 fully saturated rings. The van der Waals surface area contributed by atoms with Crippen LogP contribution in [0.25, 0.3) is 0 Å². The number of hydrogen-bond donors (Lipinski definition) is 3. The van der Waals surface area contributed by atoms with Gasteiger partial charge >= 0.3 is 35.5 Å². The zero-order valence-corrected chi connectivity index (χ0v) is 15.1. The first-order chi connectivity index (χ1) is 8.90. The number of aliphatic hydroxyl groups excluding tert-OH is 1. The largest absolute Gasteiger partial charge is 1.00 e. The molecule has 0 aromatic rings. The number of nitrogens with one attached hydrogen (secondary N) is 1. The third-order valence-corrected chi connectivity index (χ3v) is 3.03. The third kappa shape index (κ3) is 9.72. The molecule has 2 unspecified atom stereocenters. The Hall–Kier alpha value is -0.140. The molecule has 0 aromatic carbocycles. The Kier molecular flexibility index (Phi) is 13.9. The van der Waals surface area contributed by atoms with Crippen LogP contribution in [0.5, 0.6) is 0 Å². The number of carboxylic acids is 1. The molecular formula is C13H27N2NaO4. The van der Waals surface area contributed by atoms with Crippen molar-refractivity contribution in [1.82, 2.24) is 10.2 Å². The van der Waals surface area contributed by atoms with Crippen molar-refractivity contribution in [3.63, 3.8) is 0 Å². The molecule has 20 heavy (non-hydrogen) atoms. The van der Waals surface area contributed by atoms with Crippen molar-refractivity contribution in [3.05, 3.63) is 0 Å². The molecule has 0 saturated heterocycles. The minimum Gasteiger partial charge on any atom is -1.00 e. The van der Waals surface area contributed by atoms with E-state index in [-0.39, 0.29) is 36.9 Å². The second kappa shape index (κ2) is 12.6. The number of amides is 1. The number of aliphatic carboxylic acids is 1. The standard InChI is InChI=1S/C13H26N2O4.Na.H/c1-4-5-6-7-12(17)14-8-9-15(11(3)16)10(2)13(18)19;;/h10-11,16H,4-9H2,1-3H3,(H,14,17)(H,18,19);;/q;+1;-1. The topological polar surface area (TPSA) is 89.9 Å². The maximum Gasteiger partial charge on any atom is 1.00 e. The minimum absolute atomic E-state index is 0. The van der Waals surface area contributed by atoms with Gasteiger partial charge in [0, 0.05) is 19.5 Å². The molecular weight excluding hydrogens is 271 g/mol. The van der Waals surface area contributed by atoms with Crippen molar-refractivity contribution in [1.29, 1.82) is 0 Å². The Labute approximate surface area is 144 Å². The average Bonchev–Trinajstić information content (AvgIpc) is 2.33. The van der Waals surface area contributed by atoms with E-state index in [0.717, 1.165) is 19.3 Å². The van der Waals surface area contributed by atoms with Crippen LogP contribution in [0.4, 0.5) is 0 Å². The number of unbranched alkanes of at least 4 members (excludes halogenated alkanes) is 2. The minimum atomic E-state index is -0.991. The SMILES string of the molecule is CCCCCC(=O)NCCN(C(C)O)C(C)C(=O)O.[H-].[Na+]. The number of hydrogen-bond acceptors (Lipinski definition) is 4. The summed E-state index contributed by atoms with van der Waals surface area (Å²) in [5, 5.41) is 21.2. The van der Waals surface area contributed by atoms with Crippen molar-refractivity contribution in [2.24, 2.45) is 0 Å². The van der Waals surface area contributed by atoms with Gasteiger partial charge in [-0.25, -0.2) is 0 Å². The fourth-order valence-corrected chi connectivity index (χ4v) is 1.79. The molecule has 0 spiro atoms. The third-order valence-electron chi connectivity index (χ3n) is 3.03. The Balaban J connectivity index is -0.00000162. The number of carbonyl (C=O) groups excluding carboxylic acids is 1. The van der Waals surface area contributed by atoms with Gasteiger partial charge in [-0.3, -0.25) is 14.5 Å². The van der Waals surface area contributed by atoms with E-state index in [1.165, 1.54) is 18.7 Å².